The Morgan fingerprint density at radius 2 is 1.79 bits per heavy atom. The number of hydrogen-bond donors (Lipinski definition) is 2. The number of nitrogens with zero attached hydrogens (tertiary/aromatic N) is 1. The van der Waals surface area contributed by atoms with Crippen LogP contribution in [0.4, 0.5) is 14.9 Å². The highest BCUT2D eigenvalue weighted by atomic mass is 19.1. The van der Waals surface area contributed by atoms with E-state index in [4.69, 9.17) is 9.47 Å². The third kappa shape index (κ3) is 3.95. The first-order valence-electron chi connectivity index (χ1n) is 8.56. The summed E-state index contributed by atoms with van der Waals surface area (Å²) in [5.74, 6) is -0.511. The van der Waals surface area contributed by atoms with Gasteiger partial charge in [0.2, 0.25) is 5.91 Å². The Morgan fingerprint density at radius 1 is 1.14 bits per heavy atom. The Kier molecular flexibility index (Phi) is 5.58. The van der Waals surface area contributed by atoms with E-state index < -0.39 is 23.8 Å². The normalized spacial score (nSPS) is 18.4. The summed E-state index contributed by atoms with van der Waals surface area (Å²) in [7, 11) is 3.04. The smallest absolute Gasteiger partial charge is 0.341 e. The van der Waals surface area contributed by atoms with Gasteiger partial charge in [0.1, 0.15) is 5.82 Å². The minimum Gasteiger partial charge on any atom is -0.493 e. The standard InChI is InChI=1S/C20H20FN3O4/c1-11-8-16(27-2)17(28-3)9-15(11)23-19(25)14-10-22-20(26)24-18(14)12-4-6-13(21)7-5-12/h4-10,14,18H,1-3H3,(H,23,25)(H,24,26)/t14?,18-/m1/s1. The van der Waals surface area contributed by atoms with E-state index in [9.17, 15) is 14.0 Å². The number of ether oxygens (including phenoxy) is 2. The molecule has 28 heavy (non-hydrogen) atoms. The topological polar surface area (TPSA) is 89.0 Å². The van der Waals surface area contributed by atoms with E-state index >= 15 is 0 Å². The van der Waals surface area contributed by atoms with Crippen LogP contribution in [0.3, 0.4) is 0 Å². The number of rotatable bonds is 5. The number of methoxy groups -OCH3 is 2. The van der Waals surface area contributed by atoms with Crippen LogP contribution in [-0.2, 0) is 4.79 Å². The molecule has 0 aromatic heterocycles. The molecule has 0 fully saturated rings. The van der Waals surface area contributed by atoms with Crippen LogP contribution < -0.4 is 20.1 Å². The second kappa shape index (κ2) is 8.08. The first-order chi connectivity index (χ1) is 13.4. The number of anilines is 1. The summed E-state index contributed by atoms with van der Waals surface area (Å²) in [5, 5.41) is 5.50. The van der Waals surface area contributed by atoms with Gasteiger partial charge in [0.05, 0.1) is 26.2 Å². The molecule has 3 amide bonds. The van der Waals surface area contributed by atoms with Crippen LogP contribution in [-0.4, -0.2) is 32.4 Å². The summed E-state index contributed by atoms with van der Waals surface area (Å²) < 4.78 is 23.8. The molecule has 7 nitrogen and oxygen atoms in total. The molecule has 2 aromatic carbocycles. The Morgan fingerprint density at radius 3 is 2.43 bits per heavy atom. The maximum absolute atomic E-state index is 13.2. The quantitative estimate of drug-likeness (QED) is 0.827. The molecule has 3 rings (SSSR count). The Bertz CT molecular complexity index is 928. The molecule has 0 saturated carbocycles. The van der Waals surface area contributed by atoms with Crippen molar-refractivity contribution in [3.8, 4) is 11.5 Å². The molecule has 1 aliphatic rings. The highest BCUT2D eigenvalue weighted by Crippen LogP contribution is 2.34. The van der Waals surface area contributed by atoms with Crippen molar-refractivity contribution in [1.29, 1.82) is 0 Å². The Hall–Kier alpha value is -3.42. The zero-order valence-electron chi connectivity index (χ0n) is 15.7. The van der Waals surface area contributed by atoms with Crippen LogP contribution in [0.1, 0.15) is 17.2 Å². The maximum Gasteiger partial charge on any atom is 0.341 e. The van der Waals surface area contributed by atoms with Gasteiger partial charge in [-0.1, -0.05) is 12.1 Å². The van der Waals surface area contributed by atoms with Gasteiger partial charge in [0.15, 0.2) is 11.5 Å². The van der Waals surface area contributed by atoms with Gasteiger partial charge >= 0.3 is 6.03 Å². The Balaban J connectivity index is 1.88. The van der Waals surface area contributed by atoms with Crippen LogP contribution in [0, 0.1) is 18.7 Å². The van der Waals surface area contributed by atoms with E-state index in [1.807, 2.05) is 6.92 Å². The molecule has 0 aliphatic carbocycles. The van der Waals surface area contributed by atoms with Gasteiger partial charge in [-0.2, -0.15) is 0 Å². The van der Waals surface area contributed by atoms with Crippen molar-refractivity contribution < 1.29 is 23.5 Å². The summed E-state index contributed by atoms with van der Waals surface area (Å²) in [5.41, 5.74) is 1.93. The lowest BCUT2D eigenvalue weighted by atomic mass is 9.92. The van der Waals surface area contributed by atoms with Crippen molar-refractivity contribution in [2.24, 2.45) is 10.9 Å². The molecule has 8 heteroatoms. The number of carbonyl (C=O) groups excluding carboxylic acids is 2. The predicted octanol–water partition coefficient (Wildman–Crippen LogP) is 3.24. The van der Waals surface area contributed by atoms with Crippen molar-refractivity contribution in [3.05, 3.63) is 53.3 Å². The molecule has 0 saturated heterocycles. The monoisotopic (exact) mass is 385 g/mol. The molecule has 146 valence electrons. The average molecular weight is 385 g/mol. The fraction of sp³-hybridized carbons (Fsp3) is 0.250. The highest BCUT2D eigenvalue weighted by Gasteiger charge is 2.33. The zero-order chi connectivity index (χ0) is 20.3. The van der Waals surface area contributed by atoms with E-state index in [0.717, 1.165) is 5.56 Å². The molecule has 2 aromatic rings. The van der Waals surface area contributed by atoms with Gasteiger partial charge in [-0.15, -0.1) is 0 Å². The minimum absolute atomic E-state index is 0.367. The summed E-state index contributed by atoms with van der Waals surface area (Å²) >= 11 is 0. The molecule has 0 spiro atoms. The van der Waals surface area contributed by atoms with Crippen LogP contribution in [0.5, 0.6) is 11.5 Å². The maximum atomic E-state index is 13.2. The number of nitrogens with one attached hydrogen (secondary N) is 2. The van der Waals surface area contributed by atoms with Crippen molar-refractivity contribution in [2.75, 3.05) is 19.5 Å². The SMILES string of the molecule is COc1cc(C)c(NC(=O)C2C=NC(=O)N[C@@H]2c2ccc(F)cc2)cc1OC. The molecule has 1 aliphatic heterocycles. The fourth-order valence-corrected chi connectivity index (χ4v) is 3.01. The van der Waals surface area contributed by atoms with Crippen molar-refractivity contribution in [3.63, 3.8) is 0 Å². The van der Waals surface area contributed by atoms with Crippen molar-refractivity contribution in [2.45, 2.75) is 13.0 Å². The third-order valence-corrected chi connectivity index (χ3v) is 4.51. The zero-order valence-corrected chi connectivity index (χ0v) is 15.7. The summed E-state index contributed by atoms with van der Waals surface area (Å²) in [6.07, 6.45) is 1.30. The van der Waals surface area contributed by atoms with Gasteiger partial charge in [0, 0.05) is 18.0 Å². The Labute approximate surface area is 161 Å². The lowest BCUT2D eigenvalue weighted by Crippen LogP contribution is -2.42. The summed E-state index contributed by atoms with van der Waals surface area (Å²) in [6.45, 7) is 1.83. The first-order valence-corrected chi connectivity index (χ1v) is 8.56. The number of halogens is 1. The number of benzene rings is 2. The lowest BCUT2D eigenvalue weighted by molar-refractivity contribution is -0.118. The first kappa shape index (κ1) is 19.3. The molecular weight excluding hydrogens is 365 g/mol. The largest absolute Gasteiger partial charge is 0.493 e. The number of aryl methyl sites for hydroxylation is 1. The number of aliphatic imine (C=N–C) groups is 1. The predicted molar refractivity (Wildman–Crippen MR) is 103 cm³/mol. The molecule has 0 bridgehead atoms. The van der Waals surface area contributed by atoms with Gasteiger partial charge in [-0.3, -0.25) is 4.79 Å². The number of hydrogen-bond acceptors (Lipinski definition) is 4. The second-order valence-electron chi connectivity index (χ2n) is 6.29. The van der Waals surface area contributed by atoms with Crippen LogP contribution in [0.15, 0.2) is 41.4 Å². The van der Waals surface area contributed by atoms with Crippen molar-refractivity contribution in [1.82, 2.24) is 5.32 Å². The van der Waals surface area contributed by atoms with Crippen LogP contribution in [0.25, 0.3) is 0 Å². The van der Waals surface area contributed by atoms with Gasteiger partial charge in [-0.05, 0) is 36.2 Å². The molecule has 1 heterocycles. The van der Waals surface area contributed by atoms with Crippen LogP contribution >= 0.6 is 0 Å². The van der Waals surface area contributed by atoms with E-state index in [1.165, 1.54) is 44.7 Å². The van der Waals surface area contributed by atoms with Crippen molar-refractivity contribution >= 4 is 23.8 Å². The molecule has 1 unspecified atom stereocenters. The lowest BCUT2D eigenvalue weighted by Gasteiger charge is -2.27. The van der Waals surface area contributed by atoms with E-state index in [1.54, 1.807) is 12.1 Å². The number of urea groups is 1. The number of carbonyl (C=O) groups is 2. The minimum atomic E-state index is -0.768. The summed E-state index contributed by atoms with van der Waals surface area (Å²) in [4.78, 5) is 28.3. The highest BCUT2D eigenvalue weighted by molar-refractivity contribution is 6.06. The van der Waals surface area contributed by atoms with Crippen LogP contribution in [0.2, 0.25) is 0 Å². The number of amides is 3. The van der Waals surface area contributed by atoms with E-state index in [-0.39, 0.29) is 5.91 Å². The van der Waals surface area contributed by atoms with E-state index in [0.29, 0.717) is 22.7 Å². The average Bonchev–Trinajstić information content (AvgIpc) is 2.69. The summed E-state index contributed by atoms with van der Waals surface area (Å²) in [6, 6.07) is 7.82. The fourth-order valence-electron chi connectivity index (χ4n) is 3.01. The molecule has 2 N–H and O–H groups in total. The third-order valence-electron chi connectivity index (χ3n) is 4.51. The van der Waals surface area contributed by atoms with Gasteiger partial charge in [0.25, 0.3) is 0 Å². The van der Waals surface area contributed by atoms with Gasteiger partial charge in [-0.25, -0.2) is 14.2 Å². The second-order valence-corrected chi connectivity index (χ2v) is 6.29. The molecule has 2 atom stereocenters. The van der Waals surface area contributed by atoms with E-state index in [2.05, 4.69) is 15.6 Å². The van der Waals surface area contributed by atoms with Gasteiger partial charge < -0.3 is 20.1 Å². The molecular formula is C20H20FN3O4. The molecule has 0 radical (unpaired) electrons.